The first-order valence-electron chi connectivity index (χ1n) is 4.81. The first kappa shape index (κ1) is 13.3. The zero-order valence-electron chi connectivity index (χ0n) is 8.88. The summed E-state index contributed by atoms with van der Waals surface area (Å²) in [6.45, 7) is 2.04. The third-order valence-corrected chi connectivity index (χ3v) is 5.17. The van der Waals surface area contributed by atoms with Crippen molar-refractivity contribution in [2.24, 2.45) is 4.99 Å². The van der Waals surface area contributed by atoms with Crippen molar-refractivity contribution in [1.29, 1.82) is 0 Å². The Balaban J connectivity index is 2.22. The topological polar surface area (TPSA) is 25.5 Å². The lowest BCUT2D eigenvalue weighted by Crippen LogP contribution is -1.77. The van der Waals surface area contributed by atoms with E-state index in [9.17, 15) is 0 Å². The molecule has 0 aliphatic rings. The van der Waals surface area contributed by atoms with Crippen LogP contribution in [0.2, 0.25) is 0 Å². The Kier molecular flexibility index (Phi) is 4.43. The Morgan fingerprint density at radius 1 is 1.24 bits per heavy atom. The van der Waals surface area contributed by atoms with Crippen LogP contribution >= 0.6 is 54.5 Å². The van der Waals surface area contributed by atoms with E-state index in [2.05, 4.69) is 59.4 Å². The summed E-state index contributed by atoms with van der Waals surface area (Å²) in [5, 5.41) is 0. The molecule has 1 aromatic heterocycles. The van der Waals surface area contributed by atoms with Crippen LogP contribution in [0.1, 0.15) is 11.3 Å². The van der Waals surface area contributed by atoms with Crippen LogP contribution in [-0.2, 0) is 0 Å². The molecule has 0 saturated heterocycles. The number of aliphatic imine (C=N–C) groups is 1. The highest BCUT2D eigenvalue weighted by Crippen LogP contribution is 2.24. The Labute approximate surface area is 130 Å². The summed E-state index contributed by atoms with van der Waals surface area (Å²) in [5.74, 6) is 0.738. The summed E-state index contributed by atoms with van der Waals surface area (Å²) in [4.78, 5) is 4.37. The maximum atomic E-state index is 5.47. The lowest BCUT2D eigenvalue weighted by atomic mass is 10.2. The SMILES string of the molecule is Cc1cc(N=Cc2cc(Br)c(I)o2)ccc1Br. The van der Waals surface area contributed by atoms with E-state index in [0.717, 1.165) is 29.7 Å². The molecule has 0 saturated carbocycles. The third-order valence-electron chi connectivity index (χ3n) is 2.15. The van der Waals surface area contributed by atoms with E-state index in [0.29, 0.717) is 0 Å². The molecule has 0 radical (unpaired) electrons. The van der Waals surface area contributed by atoms with E-state index < -0.39 is 0 Å². The third kappa shape index (κ3) is 3.42. The largest absolute Gasteiger partial charge is 0.448 e. The first-order valence-corrected chi connectivity index (χ1v) is 7.48. The molecule has 2 nitrogen and oxygen atoms in total. The zero-order chi connectivity index (χ0) is 12.4. The number of nitrogens with zero attached hydrogens (tertiary/aromatic N) is 1. The molecule has 88 valence electrons. The normalized spacial score (nSPS) is 11.3. The van der Waals surface area contributed by atoms with Crippen LogP contribution in [0.3, 0.4) is 0 Å². The van der Waals surface area contributed by atoms with Gasteiger partial charge in [0.15, 0.2) is 3.77 Å². The lowest BCUT2D eigenvalue weighted by molar-refractivity contribution is 0.530. The van der Waals surface area contributed by atoms with Crippen LogP contribution < -0.4 is 0 Å². The van der Waals surface area contributed by atoms with Crippen LogP contribution in [0.25, 0.3) is 0 Å². The van der Waals surface area contributed by atoms with E-state index in [1.54, 1.807) is 6.21 Å². The van der Waals surface area contributed by atoms with Crippen LogP contribution in [-0.4, -0.2) is 6.21 Å². The molecule has 0 aliphatic heterocycles. The summed E-state index contributed by atoms with van der Waals surface area (Å²) < 4.78 is 8.34. The second-order valence-electron chi connectivity index (χ2n) is 3.46. The molecule has 0 bridgehead atoms. The summed E-state index contributed by atoms with van der Waals surface area (Å²) >= 11 is 8.98. The Hall–Kier alpha value is -0.140. The van der Waals surface area contributed by atoms with Gasteiger partial charge in [0.05, 0.1) is 16.4 Å². The number of halogens is 3. The minimum absolute atomic E-state index is 0.738. The summed E-state index contributed by atoms with van der Waals surface area (Å²) in [5.41, 5.74) is 2.07. The van der Waals surface area contributed by atoms with Gasteiger partial charge in [0.2, 0.25) is 0 Å². The Bertz CT molecular complexity index is 558. The van der Waals surface area contributed by atoms with Crippen molar-refractivity contribution in [2.45, 2.75) is 6.92 Å². The van der Waals surface area contributed by atoms with E-state index in [-0.39, 0.29) is 0 Å². The Morgan fingerprint density at radius 2 is 2.00 bits per heavy atom. The first-order chi connectivity index (χ1) is 8.06. The molecule has 1 aromatic carbocycles. The van der Waals surface area contributed by atoms with Crippen molar-refractivity contribution in [3.8, 4) is 0 Å². The van der Waals surface area contributed by atoms with Crippen LogP contribution in [0, 0.1) is 10.7 Å². The van der Waals surface area contributed by atoms with Crippen molar-refractivity contribution < 1.29 is 4.42 Å². The van der Waals surface area contributed by atoms with Gasteiger partial charge in [-0.15, -0.1) is 0 Å². The molecular weight excluding hydrogens is 461 g/mol. The van der Waals surface area contributed by atoms with Crippen LogP contribution in [0.4, 0.5) is 5.69 Å². The predicted octanol–water partition coefficient (Wildman–Crippen LogP) is 5.47. The predicted molar refractivity (Wildman–Crippen MR) is 85.3 cm³/mol. The van der Waals surface area contributed by atoms with Gasteiger partial charge in [-0.05, 0) is 46.6 Å². The average molecular weight is 469 g/mol. The molecule has 0 atom stereocenters. The molecule has 1 heterocycles. The summed E-state index contributed by atoms with van der Waals surface area (Å²) in [6, 6.07) is 7.86. The molecule has 0 amide bonds. The van der Waals surface area contributed by atoms with Crippen molar-refractivity contribution in [1.82, 2.24) is 0 Å². The van der Waals surface area contributed by atoms with Crippen molar-refractivity contribution in [3.63, 3.8) is 0 Å². The number of furan rings is 1. The molecule has 17 heavy (non-hydrogen) atoms. The highest BCUT2D eigenvalue weighted by atomic mass is 127. The van der Waals surface area contributed by atoms with Gasteiger partial charge in [-0.25, -0.2) is 0 Å². The highest BCUT2D eigenvalue weighted by Gasteiger charge is 2.03. The molecule has 2 rings (SSSR count). The second-order valence-corrected chi connectivity index (χ2v) is 6.15. The summed E-state index contributed by atoms with van der Waals surface area (Å²) in [6.07, 6.45) is 1.72. The molecular formula is C12H8Br2INO. The number of hydrogen-bond donors (Lipinski definition) is 0. The van der Waals surface area contributed by atoms with Gasteiger partial charge >= 0.3 is 0 Å². The van der Waals surface area contributed by atoms with E-state index in [1.807, 2.05) is 31.2 Å². The van der Waals surface area contributed by atoms with Crippen molar-refractivity contribution >= 4 is 66.4 Å². The molecule has 0 aliphatic carbocycles. The minimum atomic E-state index is 0.738. The molecule has 5 heteroatoms. The average Bonchev–Trinajstić information content (AvgIpc) is 2.60. The van der Waals surface area contributed by atoms with Gasteiger partial charge in [-0.1, -0.05) is 15.9 Å². The lowest BCUT2D eigenvalue weighted by Gasteiger charge is -1.98. The van der Waals surface area contributed by atoms with Gasteiger partial charge in [0.25, 0.3) is 0 Å². The highest BCUT2D eigenvalue weighted by molar-refractivity contribution is 14.1. The summed E-state index contributed by atoms with van der Waals surface area (Å²) in [7, 11) is 0. The number of hydrogen-bond acceptors (Lipinski definition) is 2. The number of aryl methyl sites for hydroxylation is 1. The van der Waals surface area contributed by atoms with Gasteiger partial charge in [-0.3, -0.25) is 4.99 Å². The van der Waals surface area contributed by atoms with Crippen LogP contribution in [0.5, 0.6) is 0 Å². The monoisotopic (exact) mass is 467 g/mol. The van der Waals surface area contributed by atoms with Crippen molar-refractivity contribution in [2.75, 3.05) is 0 Å². The maximum absolute atomic E-state index is 5.47. The number of benzene rings is 1. The molecule has 2 aromatic rings. The second kappa shape index (κ2) is 5.67. The molecule has 0 unspecified atom stereocenters. The fraction of sp³-hybridized carbons (Fsp3) is 0.0833. The van der Waals surface area contributed by atoms with Crippen LogP contribution in [0.15, 0.2) is 42.6 Å². The Morgan fingerprint density at radius 3 is 2.59 bits per heavy atom. The van der Waals surface area contributed by atoms with Gasteiger partial charge in [0, 0.05) is 33.1 Å². The smallest absolute Gasteiger partial charge is 0.178 e. The van der Waals surface area contributed by atoms with E-state index in [1.165, 1.54) is 0 Å². The van der Waals surface area contributed by atoms with Crippen molar-refractivity contribution in [3.05, 3.63) is 48.3 Å². The zero-order valence-corrected chi connectivity index (χ0v) is 14.2. The van der Waals surface area contributed by atoms with Gasteiger partial charge in [-0.2, -0.15) is 0 Å². The van der Waals surface area contributed by atoms with Gasteiger partial charge in [0.1, 0.15) is 5.76 Å². The molecule has 0 fully saturated rings. The fourth-order valence-electron chi connectivity index (χ4n) is 1.27. The molecule has 0 spiro atoms. The van der Waals surface area contributed by atoms with E-state index >= 15 is 0 Å². The fourth-order valence-corrected chi connectivity index (χ4v) is 2.24. The maximum Gasteiger partial charge on any atom is 0.178 e. The minimum Gasteiger partial charge on any atom is -0.448 e. The molecule has 0 N–H and O–H groups in total. The quantitative estimate of drug-likeness (QED) is 0.424. The standard InChI is InChI=1S/C12H8Br2INO/c1-7-4-8(2-3-10(7)13)16-6-9-5-11(14)12(15)17-9/h2-6H,1H3. The number of rotatable bonds is 2. The van der Waals surface area contributed by atoms with Gasteiger partial charge < -0.3 is 4.42 Å². The van der Waals surface area contributed by atoms with E-state index in [4.69, 9.17) is 4.42 Å².